The molecule has 156 valence electrons. The fraction of sp³-hybridized carbons (Fsp3) is 0.217. The van der Waals surface area contributed by atoms with Crippen molar-refractivity contribution >= 4 is 29.2 Å². The van der Waals surface area contributed by atoms with Crippen molar-refractivity contribution < 1.29 is 14.4 Å². The first kappa shape index (κ1) is 20.2. The van der Waals surface area contributed by atoms with E-state index in [1.165, 1.54) is 0 Å². The zero-order chi connectivity index (χ0) is 22.0. The molecular formula is C23H21N5O3. The summed E-state index contributed by atoms with van der Waals surface area (Å²) in [5, 5.41) is 16.8. The van der Waals surface area contributed by atoms with Gasteiger partial charge in [0.05, 0.1) is 11.6 Å². The number of carbonyl (C=O) groups excluding carboxylic acids is 3. The van der Waals surface area contributed by atoms with E-state index < -0.39 is 6.04 Å². The Labute approximate surface area is 179 Å². The van der Waals surface area contributed by atoms with Crippen LogP contribution in [0.4, 0.5) is 10.5 Å². The summed E-state index contributed by atoms with van der Waals surface area (Å²) in [7, 11) is 0. The second kappa shape index (κ2) is 8.32. The number of fused-ring (bicyclic) bond motifs is 1. The standard InChI is InChI=1S/C23H21N5O3/c1-14-19-7-4-16(12-25-23(31)26-18-5-2-15(11-24)3-6-18)10-17(19)13-28(14)20-8-9-21(29)27-22(20)30/h2-7,10,20H,1,8-9,12-13H2,(H2,25,26,31)(H,27,29,30). The van der Waals surface area contributed by atoms with Crippen molar-refractivity contribution in [2.75, 3.05) is 5.32 Å². The Kier molecular flexibility index (Phi) is 5.41. The molecule has 1 saturated heterocycles. The monoisotopic (exact) mass is 415 g/mol. The van der Waals surface area contributed by atoms with E-state index in [0.29, 0.717) is 37.2 Å². The van der Waals surface area contributed by atoms with Gasteiger partial charge in [-0.15, -0.1) is 0 Å². The predicted octanol–water partition coefficient (Wildman–Crippen LogP) is 2.47. The number of anilines is 1. The maximum absolute atomic E-state index is 12.2. The molecule has 2 aromatic rings. The minimum atomic E-state index is -0.405. The molecule has 2 heterocycles. The number of rotatable bonds is 4. The zero-order valence-electron chi connectivity index (χ0n) is 16.8. The van der Waals surface area contributed by atoms with Gasteiger partial charge < -0.3 is 15.5 Å². The van der Waals surface area contributed by atoms with Gasteiger partial charge in [0.25, 0.3) is 0 Å². The number of piperidine rings is 1. The number of imide groups is 1. The Bertz CT molecular complexity index is 1120. The van der Waals surface area contributed by atoms with Gasteiger partial charge in [0.15, 0.2) is 0 Å². The molecule has 1 fully saturated rings. The Morgan fingerprint density at radius 3 is 2.71 bits per heavy atom. The number of nitrogens with one attached hydrogen (secondary N) is 3. The maximum atomic E-state index is 12.2. The van der Waals surface area contributed by atoms with E-state index in [9.17, 15) is 14.4 Å². The molecule has 2 aromatic carbocycles. The largest absolute Gasteiger partial charge is 0.355 e. The lowest BCUT2D eigenvalue weighted by Gasteiger charge is -2.31. The van der Waals surface area contributed by atoms with Crippen molar-refractivity contribution in [3.63, 3.8) is 0 Å². The van der Waals surface area contributed by atoms with E-state index in [1.54, 1.807) is 24.3 Å². The van der Waals surface area contributed by atoms with Crippen LogP contribution in [0.15, 0.2) is 49.0 Å². The van der Waals surface area contributed by atoms with Gasteiger partial charge >= 0.3 is 6.03 Å². The zero-order valence-corrected chi connectivity index (χ0v) is 16.8. The minimum Gasteiger partial charge on any atom is -0.355 e. The highest BCUT2D eigenvalue weighted by Crippen LogP contribution is 2.35. The third kappa shape index (κ3) is 4.26. The molecule has 0 aromatic heterocycles. The summed E-state index contributed by atoms with van der Waals surface area (Å²) in [6.45, 7) is 5.00. The van der Waals surface area contributed by atoms with Crippen molar-refractivity contribution in [3.8, 4) is 6.07 Å². The van der Waals surface area contributed by atoms with Crippen molar-refractivity contribution in [3.05, 3.63) is 71.3 Å². The van der Waals surface area contributed by atoms with Gasteiger partial charge in [0.2, 0.25) is 11.8 Å². The number of nitrogens with zero attached hydrogens (tertiary/aromatic N) is 2. The van der Waals surface area contributed by atoms with Crippen LogP contribution in [0.3, 0.4) is 0 Å². The summed E-state index contributed by atoms with van der Waals surface area (Å²) in [6.07, 6.45) is 0.793. The highest BCUT2D eigenvalue weighted by atomic mass is 16.2. The van der Waals surface area contributed by atoms with E-state index >= 15 is 0 Å². The number of hydrogen-bond acceptors (Lipinski definition) is 5. The van der Waals surface area contributed by atoms with Gasteiger partial charge in [-0.3, -0.25) is 14.9 Å². The smallest absolute Gasteiger partial charge is 0.319 e. The Balaban J connectivity index is 1.37. The van der Waals surface area contributed by atoms with E-state index in [1.807, 2.05) is 29.2 Å². The second-order valence-corrected chi connectivity index (χ2v) is 7.53. The highest BCUT2D eigenvalue weighted by molar-refractivity contribution is 6.01. The van der Waals surface area contributed by atoms with Crippen LogP contribution in [0.5, 0.6) is 0 Å². The number of nitriles is 1. The molecule has 8 nitrogen and oxygen atoms in total. The van der Waals surface area contributed by atoms with Crippen LogP contribution in [0.1, 0.15) is 35.1 Å². The predicted molar refractivity (Wildman–Crippen MR) is 114 cm³/mol. The highest BCUT2D eigenvalue weighted by Gasteiger charge is 2.36. The summed E-state index contributed by atoms with van der Waals surface area (Å²) in [4.78, 5) is 37.8. The average Bonchev–Trinajstić information content (AvgIpc) is 3.08. The van der Waals surface area contributed by atoms with E-state index in [4.69, 9.17) is 5.26 Å². The van der Waals surface area contributed by atoms with E-state index in [2.05, 4.69) is 22.5 Å². The van der Waals surface area contributed by atoms with Crippen LogP contribution >= 0.6 is 0 Å². The van der Waals surface area contributed by atoms with Crippen molar-refractivity contribution in [2.24, 2.45) is 0 Å². The van der Waals surface area contributed by atoms with E-state index in [-0.39, 0.29) is 17.8 Å². The Morgan fingerprint density at radius 1 is 1.23 bits per heavy atom. The molecule has 31 heavy (non-hydrogen) atoms. The van der Waals surface area contributed by atoms with Crippen LogP contribution in [-0.4, -0.2) is 28.8 Å². The summed E-state index contributed by atoms with van der Waals surface area (Å²) in [5.74, 6) is -0.525. The van der Waals surface area contributed by atoms with Crippen molar-refractivity contribution in [1.82, 2.24) is 15.5 Å². The lowest BCUT2D eigenvalue weighted by molar-refractivity contribution is -0.136. The SMILES string of the molecule is C=C1c2ccc(CNC(=O)Nc3ccc(C#N)cc3)cc2CN1C1CCC(=O)NC1=O. The number of amides is 4. The topological polar surface area (TPSA) is 114 Å². The van der Waals surface area contributed by atoms with Gasteiger partial charge in [-0.25, -0.2) is 4.79 Å². The first-order chi connectivity index (χ1) is 14.9. The van der Waals surface area contributed by atoms with Gasteiger partial charge in [-0.05, 0) is 41.8 Å². The van der Waals surface area contributed by atoms with Crippen LogP contribution in [-0.2, 0) is 22.7 Å². The summed E-state index contributed by atoms with van der Waals surface area (Å²) < 4.78 is 0. The van der Waals surface area contributed by atoms with Gasteiger partial charge in [0, 0.05) is 36.5 Å². The fourth-order valence-electron chi connectivity index (χ4n) is 3.87. The molecule has 4 amide bonds. The summed E-state index contributed by atoms with van der Waals surface area (Å²) >= 11 is 0. The first-order valence-corrected chi connectivity index (χ1v) is 9.91. The minimum absolute atomic E-state index is 0.240. The number of carbonyl (C=O) groups is 3. The summed E-state index contributed by atoms with van der Waals surface area (Å²) in [5.41, 5.74) is 4.81. The molecule has 1 atom stereocenters. The molecule has 2 aliphatic rings. The lowest BCUT2D eigenvalue weighted by Crippen LogP contribution is -2.50. The molecular weight excluding hydrogens is 394 g/mol. The quantitative estimate of drug-likeness (QED) is 0.664. The normalized spacial score (nSPS) is 17.6. The van der Waals surface area contributed by atoms with Crippen LogP contribution in [0.2, 0.25) is 0 Å². The Morgan fingerprint density at radius 2 is 2.00 bits per heavy atom. The van der Waals surface area contributed by atoms with Crippen molar-refractivity contribution in [1.29, 1.82) is 5.26 Å². The third-order valence-electron chi connectivity index (χ3n) is 5.48. The molecule has 1 unspecified atom stereocenters. The van der Waals surface area contributed by atoms with Crippen LogP contribution in [0.25, 0.3) is 5.70 Å². The number of hydrogen-bond donors (Lipinski definition) is 3. The molecule has 0 aliphatic carbocycles. The molecule has 4 rings (SSSR count). The van der Waals surface area contributed by atoms with Crippen LogP contribution < -0.4 is 16.0 Å². The average molecular weight is 415 g/mol. The van der Waals surface area contributed by atoms with Gasteiger partial charge in [0.1, 0.15) is 6.04 Å². The van der Waals surface area contributed by atoms with Crippen molar-refractivity contribution in [2.45, 2.75) is 32.0 Å². The molecule has 8 heteroatoms. The third-order valence-corrected chi connectivity index (χ3v) is 5.48. The Hall–Kier alpha value is -4.12. The summed E-state index contributed by atoms with van der Waals surface area (Å²) in [6, 6.07) is 13.7. The molecule has 3 N–H and O–H groups in total. The fourth-order valence-corrected chi connectivity index (χ4v) is 3.87. The van der Waals surface area contributed by atoms with Crippen LogP contribution in [0, 0.1) is 11.3 Å². The number of benzene rings is 2. The lowest BCUT2D eigenvalue weighted by atomic mass is 10.0. The molecule has 0 bridgehead atoms. The molecule has 2 aliphatic heterocycles. The van der Waals surface area contributed by atoms with E-state index in [0.717, 1.165) is 22.4 Å². The first-order valence-electron chi connectivity index (χ1n) is 9.91. The molecule has 0 spiro atoms. The maximum Gasteiger partial charge on any atom is 0.319 e. The van der Waals surface area contributed by atoms with Gasteiger partial charge in [-0.1, -0.05) is 24.8 Å². The number of urea groups is 1. The molecule has 0 saturated carbocycles. The van der Waals surface area contributed by atoms with Gasteiger partial charge in [-0.2, -0.15) is 5.26 Å². The molecule has 0 radical (unpaired) electrons. The second-order valence-electron chi connectivity index (χ2n) is 7.53.